The maximum Gasteiger partial charge on any atom is 0.201 e. The Morgan fingerprint density at radius 1 is 1.53 bits per heavy atom. The van der Waals surface area contributed by atoms with Crippen LogP contribution in [0.5, 0.6) is 0 Å². The SMILES string of the molecule is Nc1nc2c(Cl)cccc2n1CC1CCOC1. The average Bonchev–Trinajstić information content (AvgIpc) is 2.91. The van der Waals surface area contributed by atoms with Gasteiger partial charge >= 0.3 is 0 Å². The van der Waals surface area contributed by atoms with E-state index in [-0.39, 0.29) is 0 Å². The fraction of sp³-hybridized carbons (Fsp3) is 0.417. The van der Waals surface area contributed by atoms with Crippen molar-refractivity contribution in [2.45, 2.75) is 13.0 Å². The molecule has 0 amide bonds. The molecule has 1 aliphatic rings. The highest BCUT2D eigenvalue weighted by molar-refractivity contribution is 6.35. The van der Waals surface area contributed by atoms with E-state index < -0.39 is 0 Å². The highest BCUT2D eigenvalue weighted by atomic mass is 35.5. The van der Waals surface area contributed by atoms with E-state index in [4.69, 9.17) is 22.1 Å². The van der Waals surface area contributed by atoms with E-state index in [1.165, 1.54) is 0 Å². The quantitative estimate of drug-likeness (QED) is 0.891. The van der Waals surface area contributed by atoms with Crippen molar-refractivity contribution in [2.24, 2.45) is 5.92 Å². The minimum atomic E-state index is 0.522. The highest BCUT2D eigenvalue weighted by Crippen LogP contribution is 2.27. The first-order chi connectivity index (χ1) is 8.25. The van der Waals surface area contributed by atoms with Crippen molar-refractivity contribution in [3.8, 4) is 0 Å². The molecule has 0 aliphatic carbocycles. The molecule has 1 aliphatic heterocycles. The van der Waals surface area contributed by atoms with Gasteiger partial charge in [0, 0.05) is 19.1 Å². The summed E-state index contributed by atoms with van der Waals surface area (Å²) < 4.78 is 7.41. The number of aromatic nitrogens is 2. The van der Waals surface area contributed by atoms with Gasteiger partial charge in [-0.05, 0) is 18.6 Å². The molecule has 1 fully saturated rings. The largest absolute Gasteiger partial charge is 0.381 e. The number of anilines is 1. The molecule has 2 heterocycles. The summed E-state index contributed by atoms with van der Waals surface area (Å²) >= 11 is 6.10. The number of hydrogen-bond acceptors (Lipinski definition) is 3. The van der Waals surface area contributed by atoms with Crippen molar-refractivity contribution in [2.75, 3.05) is 18.9 Å². The van der Waals surface area contributed by atoms with Gasteiger partial charge in [0.15, 0.2) is 0 Å². The predicted molar refractivity (Wildman–Crippen MR) is 68.1 cm³/mol. The minimum Gasteiger partial charge on any atom is -0.381 e. The Labute approximate surface area is 104 Å². The van der Waals surface area contributed by atoms with Gasteiger partial charge in [-0.3, -0.25) is 0 Å². The molecule has 0 spiro atoms. The van der Waals surface area contributed by atoms with Crippen molar-refractivity contribution in [1.82, 2.24) is 9.55 Å². The van der Waals surface area contributed by atoms with Crippen LogP contribution >= 0.6 is 11.6 Å². The molecule has 4 nitrogen and oxygen atoms in total. The van der Waals surface area contributed by atoms with Gasteiger partial charge in [-0.25, -0.2) is 4.98 Å². The molecule has 2 N–H and O–H groups in total. The highest BCUT2D eigenvalue weighted by Gasteiger charge is 2.19. The van der Waals surface area contributed by atoms with Crippen LogP contribution < -0.4 is 5.73 Å². The van der Waals surface area contributed by atoms with Crippen LogP contribution in [0.4, 0.5) is 5.95 Å². The predicted octanol–water partition coefficient (Wildman–Crippen LogP) is 2.31. The number of nitrogen functional groups attached to an aromatic ring is 1. The molecular weight excluding hydrogens is 238 g/mol. The van der Waals surface area contributed by atoms with Gasteiger partial charge in [0.1, 0.15) is 5.52 Å². The first-order valence-corrected chi connectivity index (χ1v) is 6.11. The number of ether oxygens (including phenoxy) is 1. The normalized spacial score (nSPS) is 20.2. The lowest BCUT2D eigenvalue weighted by Crippen LogP contribution is -2.12. The Hall–Kier alpha value is -1.26. The number of para-hydroxylation sites is 1. The van der Waals surface area contributed by atoms with Gasteiger partial charge in [-0.15, -0.1) is 0 Å². The van der Waals surface area contributed by atoms with E-state index in [0.717, 1.165) is 37.2 Å². The molecule has 0 bridgehead atoms. The van der Waals surface area contributed by atoms with Crippen LogP contribution in [0.1, 0.15) is 6.42 Å². The molecule has 3 rings (SSSR count). The minimum absolute atomic E-state index is 0.522. The van der Waals surface area contributed by atoms with Crippen LogP contribution in [-0.2, 0) is 11.3 Å². The van der Waals surface area contributed by atoms with Gasteiger partial charge in [0.2, 0.25) is 5.95 Å². The summed E-state index contributed by atoms with van der Waals surface area (Å²) in [5.74, 6) is 1.05. The zero-order valence-corrected chi connectivity index (χ0v) is 10.2. The summed E-state index contributed by atoms with van der Waals surface area (Å²) in [4.78, 5) is 4.32. The number of halogens is 1. The van der Waals surface area contributed by atoms with Crippen LogP contribution in [0.15, 0.2) is 18.2 Å². The molecule has 1 unspecified atom stereocenters. The van der Waals surface area contributed by atoms with Crippen LogP contribution in [0.2, 0.25) is 5.02 Å². The molecule has 0 saturated carbocycles. The topological polar surface area (TPSA) is 53.1 Å². The molecule has 1 aromatic heterocycles. The standard InChI is InChI=1S/C12H14ClN3O/c13-9-2-1-3-10-11(9)15-12(14)16(10)6-8-4-5-17-7-8/h1-3,8H,4-7H2,(H2,14,15). The summed E-state index contributed by atoms with van der Waals surface area (Å²) in [6.07, 6.45) is 1.08. The third-order valence-electron chi connectivity index (χ3n) is 3.22. The second kappa shape index (κ2) is 4.20. The molecule has 1 aromatic carbocycles. The number of imidazole rings is 1. The lowest BCUT2D eigenvalue weighted by molar-refractivity contribution is 0.183. The second-order valence-corrected chi connectivity index (χ2v) is 4.82. The fourth-order valence-electron chi connectivity index (χ4n) is 2.31. The molecular formula is C12H14ClN3O. The van der Waals surface area contributed by atoms with E-state index >= 15 is 0 Å². The first kappa shape index (κ1) is 10.9. The summed E-state index contributed by atoms with van der Waals surface area (Å²) in [6, 6.07) is 5.76. The van der Waals surface area contributed by atoms with Gasteiger partial charge in [-0.1, -0.05) is 17.7 Å². The fourth-order valence-corrected chi connectivity index (χ4v) is 2.52. The number of rotatable bonds is 2. The molecule has 2 aromatic rings. The summed E-state index contributed by atoms with van der Waals surface area (Å²) in [7, 11) is 0. The summed E-state index contributed by atoms with van der Waals surface area (Å²) in [5.41, 5.74) is 7.74. The van der Waals surface area contributed by atoms with Crippen LogP contribution in [0.25, 0.3) is 11.0 Å². The molecule has 90 valence electrons. The Bertz CT molecular complexity index is 546. The first-order valence-electron chi connectivity index (χ1n) is 5.73. The smallest absolute Gasteiger partial charge is 0.201 e. The Morgan fingerprint density at radius 3 is 3.18 bits per heavy atom. The van der Waals surface area contributed by atoms with Crippen molar-refractivity contribution >= 4 is 28.6 Å². The van der Waals surface area contributed by atoms with Gasteiger partial charge < -0.3 is 15.0 Å². The van der Waals surface area contributed by atoms with Gasteiger partial charge in [0.05, 0.1) is 17.1 Å². The van der Waals surface area contributed by atoms with Crippen molar-refractivity contribution in [3.05, 3.63) is 23.2 Å². The Kier molecular flexibility index (Phi) is 2.68. The lowest BCUT2D eigenvalue weighted by atomic mass is 10.1. The molecule has 17 heavy (non-hydrogen) atoms. The zero-order valence-electron chi connectivity index (χ0n) is 9.40. The van der Waals surface area contributed by atoms with Crippen molar-refractivity contribution < 1.29 is 4.74 Å². The maximum atomic E-state index is 6.10. The lowest BCUT2D eigenvalue weighted by Gasteiger charge is -2.10. The zero-order chi connectivity index (χ0) is 11.8. The third kappa shape index (κ3) is 1.87. The number of nitrogens with two attached hydrogens (primary N) is 1. The molecule has 1 atom stereocenters. The molecule has 1 saturated heterocycles. The van der Waals surface area contributed by atoms with E-state index in [2.05, 4.69) is 4.98 Å². The Morgan fingerprint density at radius 2 is 2.41 bits per heavy atom. The third-order valence-corrected chi connectivity index (χ3v) is 3.53. The molecule has 5 heteroatoms. The van der Waals surface area contributed by atoms with E-state index in [0.29, 0.717) is 16.9 Å². The summed E-state index contributed by atoms with van der Waals surface area (Å²) in [5, 5.41) is 0.649. The Balaban J connectivity index is 2.02. The van der Waals surface area contributed by atoms with Crippen molar-refractivity contribution in [1.29, 1.82) is 0 Å². The van der Waals surface area contributed by atoms with Crippen LogP contribution in [-0.4, -0.2) is 22.8 Å². The van der Waals surface area contributed by atoms with Crippen LogP contribution in [0.3, 0.4) is 0 Å². The number of fused-ring (bicyclic) bond motifs is 1. The number of benzene rings is 1. The maximum absolute atomic E-state index is 6.10. The van der Waals surface area contributed by atoms with Gasteiger partial charge in [-0.2, -0.15) is 0 Å². The monoisotopic (exact) mass is 251 g/mol. The van der Waals surface area contributed by atoms with Crippen molar-refractivity contribution in [3.63, 3.8) is 0 Å². The van der Waals surface area contributed by atoms with Crippen LogP contribution in [0, 0.1) is 5.92 Å². The van der Waals surface area contributed by atoms with Gasteiger partial charge in [0.25, 0.3) is 0 Å². The number of nitrogens with zero attached hydrogens (tertiary/aromatic N) is 2. The number of hydrogen-bond donors (Lipinski definition) is 1. The average molecular weight is 252 g/mol. The second-order valence-electron chi connectivity index (χ2n) is 4.42. The van der Waals surface area contributed by atoms with E-state index in [1.54, 1.807) is 0 Å². The molecule has 0 radical (unpaired) electrons. The van der Waals surface area contributed by atoms with E-state index in [9.17, 15) is 0 Å². The summed E-state index contributed by atoms with van der Waals surface area (Å²) in [6.45, 7) is 2.50. The van der Waals surface area contributed by atoms with E-state index in [1.807, 2.05) is 22.8 Å².